The topological polar surface area (TPSA) is 82.0 Å². The Labute approximate surface area is 134 Å². The minimum atomic E-state index is -0.166. The van der Waals surface area contributed by atoms with Gasteiger partial charge in [0.15, 0.2) is 0 Å². The van der Waals surface area contributed by atoms with E-state index in [0.29, 0.717) is 29.9 Å². The number of imidazole rings is 1. The fraction of sp³-hybridized carbons (Fsp3) is 0.562. The first-order valence-corrected chi connectivity index (χ1v) is 7.98. The van der Waals surface area contributed by atoms with Crippen LogP contribution >= 0.6 is 0 Å². The minimum absolute atomic E-state index is 0.0350. The molecule has 0 unspecified atom stereocenters. The molecule has 1 aliphatic heterocycles. The smallest absolute Gasteiger partial charge is 0.259 e. The molecule has 7 heteroatoms. The summed E-state index contributed by atoms with van der Waals surface area (Å²) in [5, 5.41) is 0. The van der Waals surface area contributed by atoms with E-state index in [-0.39, 0.29) is 11.5 Å². The number of hydrogen-bond acceptors (Lipinski definition) is 5. The molecule has 3 heterocycles. The quantitative estimate of drug-likeness (QED) is 0.910. The number of nitrogens with one attached hydrogen (secondary N) is 1. The van der Waals surface area contributed by atoms with Crippen LogP contribution in [0, 0.1) is 5.92 Å². The average molecular weight is 318 g/mol. The summed E-state index contributed by atoms with van der Waals surface area (Å²) in [7, 11) is 0. The molecule has 0 amide bonds. The molecular weight excluding hydrogens is 296 g/mol. The van der Waals surface area contributed by atoms with Crippen molar-refractivity contribution >= 4 is 0 Å². The lowest BCUT2D eigenvalue weighted by Crippen LogP contribution is -2.25. The van der Waals surface area contributed by atoms with Crippen molar-refractivity contribution in [2.75, 3.05) is 19.8 Å². The molecule has 0 bridgehead atoms. The van der Waals surface area contributed by atoms with Gasteiger partial charge in [-0.2, -0.15) is 4.98 Å². The summed E-state index contributed by atoms with van der Waals surface area (Å²) in [5.41, 5.74) is 0.418. The predicted molar refractivity (Wildman–Crippen MR) is 85.1 cm³/mol. The van der Waals surface area contributed by atoms with E-state index in [0.717, 1.165) is 26.1 Å². The summed E-state index contributed by atoms with van der Waals surface area (Å²) in [5.74, 6) is 1.31. The first-order valence-electron chi connectivity index (χ1n) is 7.98. The molecule has 1 saturated heterocycles. The van der Waals surface area contributed by atoms with E-state index in [4.69, 9.17) is 9.47 Å². The van der Waals surface area contributed by atoms with Crippen molar-refractivity contribution in [3.8, 4) is 11.8 Å². The van der Waals surface area contributed by atoms with Gasteiger partial charge < -0.3 is 9.47 Å². The van der Waals surface area contributed by atoms with Crippen molar-refractivity contribution in [2.45, 2.75) is 32.6 Å². The van der Waals surface area contributed by atoms with Crippen molar-refractivity contribution in [1.29, 1.82) is 0 Å². The first-order chi connectivity index (χ1) is 11.1. The van der Waals surface area contributed by atoms with Crippen molar-refractivity contribution in [2.24, 2.45) is 5.92 Å². The third-order valence-corrected chi connectivity index (χ3v) is 4.03. The molecule has 1 aliphatic rings. The molecule has 23 heavy (non-hydrogen) atoms. The van der Waals surface area contributed by atoms with Gasteiger partial charge >= 0.3 is 0 Å². The number of aromatic amines is 1. The zero-order chi connectivity index (χ0) is 16.2. The van der Waals surface area contributed by atoms with E-state index < -0.39 is 0 Å². The van der Waals surface area contributed by atoms with Crippen LogP contribution in [0.15, 0.2) is 23.5 Å². The number of aromatic nitrogens is 4. The number of rotatable bonds is 5. The zero-order valence-electron chi connectivity index (χ0n) is 13.5. The molecule has 1 N–H and O–H groups in total. The number of hydrogen-bond donors (Lipinski definition) is 1. The van der Waals surface area contributed by atoms with Gasteiger partial charge in [0.1, 0.15) is 6.33 Å². The highest BCUT2D eigenvalue weighted by atomic mass is 16.5. The Hall–Kier alpha value is -2.15. The van der Waals surface area contributed by atoms with Gasteiger partial charge in [-0.15, -0.1) is 0 Å². The SMILES string of the molecule is CC(C)c1c(OCC2CCOCC2)nc(-n2ccnc2)[nH]c1=O. The lowest BCUT2D eigenvalue weighted by atomic mass is 10.0. The average Bonchev–Trinajstić information content (AvgIpc) is 3.07. The molecule has 2 aromatic heterocycles. The van der Waals surface area contributed by atoms with Crippen molar-refractivity contribution in [1.82, 2.24) is 19.5 Å². The maximum absolute atomic E-state index is 12.4. The van der Waals surface area contributed by atoms with Gasteiger partial charge in [0, 0.05) is 25.6 Å². The van der Waals surface area contributed by atoms with Crippen LogP contribution in [0.2, 0.25) is 0 Å². The van der Waals surface area contributed by atoms with Crippen LogP contribution in [-0.2, 0) is 4.74 Å². The molecular formula is C16H22N4O3. The fourth-order valence-electron chi connectivity index (χ4n) is 2.69. The van der Waals surface area contributed by atoms with Crippen LogP contribution in [0.3, 0.4) is 0 Å². The van der Waals surface area contributed by atoms with E-state index >= 15 is 0 Å². The molecule has 0 aliphatic carbocycles. The molecule has 0 spiro atoms. The highest BCUT2D eigenvalue weighted by Crippen LogP contribution is 2.23. The van der Waals surface area contributed by atoms with Gasteiger partial charge in [0.25, 0.3) is 5.56 Å². The standard InChI is InChI=1S/C16H22N4O3/c1-11(2)13-14(21)18-16(20-6-5-17-10-20)19-15(13)23-9-12-3-7-22-8-4-12/h5-6,10-12H,3-4,7-9H2,1-2H3,(H,18,19,21). The van der Waals surface area contributed by atoms with Gasteiger partial charge in [0.2, 0.25) is 11.8 Å². The summed E-state index contributed by atoms with van der Waals surface area (Å²) < 4.78 is 13.0. The maximum Gasteiger partial charge on any atom is 0.259 e. The lowest BCUT2D eigenvalue weighted by molar-refractivity contribution is 0.0488. The van der Waals surface area contributed by atoms with E-state index in [9.17, 15) is 4.79 Å². The van der Waals surface area contributed by atoms with E-state index in [2.05, 4.69) is 15.0 Å². The molecule has 0 atom stereocenters. The van der Waals surface area contributed by atoms with Gasteiger partial charge in [-0.1, -0.05) is 13.8 Å². The first kappa shape index (κ1) is 15.7. The Bertz CT molecular complexity index is 688. The molecule has 3 rings (SSSR count). The van der Waals surface area contributed by atoms with Crippen LogP contribution < -0.4 is 10.3 Å². The lowest BCUT2D eigenvalue weighted by Gasteiger charge is -2.22. The predicted octanol–water partition coefficient (Wildman–Crippen LogP) is 1.88. The van der Waals surface area contributed by atoms with Gasteiger partial charge in [0.05, 0.1) is 12.2 Å². The van der Waals surface area contributed by atoms with Crippen LogP contribution in [0.25, 0.3) is 5.95 Å². The second kappa shape index (κ2) is 6.95. The zero-order valence-corrected chi connectivity index (χ0v) is 13.5. The Morgan fingerprint density at radius 1 is 1.43 bits per heavy atom. The second-order valence-corrected chi connectivity index (χ2v) is 6.10. The third-order valence-electron chi connectivity index (χ3n) is 4.03. The molecule has 7 nitrogen and oxygen atoms in total. The summed E-state index contributed by atoms with van der Waals surface area (Å²) in [6, 6.07) is 0. The van der Waals surface area contributed by atoms with Crippen molar-refractivity contribution in [3.63, 3.8) is 0 Å². The summed E-state index contributed by atoms with van der Waals surface area (Å²) >= 11 is 0. The molecule has 1 fully saturated rings. The Kier molecular flexibility index (Phi) is 4.76. The molecule has 0 saturated carbocycles. The normalized spacial score (nSPS) is 16.0. The highest BCUT2D eigenvalue weighted by Gasteiger charge is 2.20. The highest BCUT2D eigenvalue weighted by molar-refractivity contribution is 5.30. The minimum Gasteiger partial charge on any atom is -0.477 e. The van der Waals surface area contributed by atoms with Gasteiger partial charge in [-0.25, -0.2) is 4.98 Å². The largest absolute Gasteiger partial charge is 0.477 e. The number of ether oxygens (including phenoxy) is 2. The Balaban J connectivity index is 1.87. The van der Waals surface area contributed by atoms with Crippen LogP contribution in [-0.4, -0.2) is 39.3 Å². The van der Waals surface area contributed by atoms with Crippen molar-refractivity contribution < 1.29 is 9.47 Å². The third kappa shape index (κ3) is 3.61. The Morgan fingerprint density at radius 2 is 2.22 bits per heavy atom. The summed E-state index contributed by atoms with van der Waals surface area (Å²) in [4.78, 5) is 23.7. The molecule has 124 valence electrons. The monoisotopic (exact) mass is 318 g/mol. The Morgan fingerprint density at radius 3 is 2.87 bits per heavy atom. The fourth-order valence-corrected chi connectivity index (χ4v) is 2.69. The second-order valence-electron chi connectivity index (χ2n) is 6.10. The van der Waals surface area contributed by atoms with E-state index in [1.165, 1.54) is 0 Å². The van der Waals surface area contributed by atoms with Gasteiger partial charge in [-0.3, -0.25) is 14.3 Å². The van der Waals surface area contributed by atoms with Crippen LogP contribution in [0.5, 0.6) is 5.88 Å². The van der Waals surface area contributed by atoms with Gasteiger partial charge in [-0.05, 0) is 24.7 Å². The number of nitrogens with zero attached hydrogens (tertiary/aromatic N) is 3. The van der Waals surface area contributed by atoms with E-state index in [1.807, 2.05) is 13.8 Å². The summed E-state index contributed by atoms with van der Waals surface area (Å²) in [6.45, 7) is 6.03. The van der Waals surface area contributed by atoms with Crippen LogP contribution in [0.1, 0.15) is 38.2 Å². The molecule has 0 radical (unpaired) electrons. The molecule has 0 aromatic carbocycles. The number of H-pyrrole nitrogens is 1. The van der Waals surface area contributed by atoms with Crippen molar-refractivity contribution in [3.05, 3.63) is 34.6 Å². The maximum atomic E-state index is 12.4. The van der Waals surface area contributed by atoms with Crippen LogP contribution in [0.4, 0.5) is 0 Å². The van der Waals surface area contributed by atoms with E-state index in [1.54, 1.807) is 23.3 Å². The summed E-state index contributed by atoms with van der Waals surface area (Å²) in [6.07, 6.45) is 6.92. The molecule has 2 aromatic rings.